The molecule has 1 aromatic carbocycles. The Morgan fingerprint density at radius 3 is 2.67 bits per heavy atom. The minimum Gasteiger partial charge on any atom is -0.494 e. The van der Waals surface area contributed by atoms with Crippen LogP contribution in [0.1, 0.15) is 44.2 Å². The van der Waals surface area contributed by atoms with Crippen LogP contribution >= 0.6 is 0 Å². The van der Waals surface area contributed by atoms with Crippen molar-refractivity contribution >= 4 is 5.96 Å². The van der Waals surface area contributed by atoms with Crippen LogP contribution < -0.4 is 15.4 Å². The normalized spacial score (nSPS) is 11.4. The first-order valence-electron chi connectivity index (χ1n) is 8.94. The van der Waals surface area contributed by atoms with Gasteiger partial charge in [-0.25, -0.2) is 4.99 Å². The Hall–Kier alpha value is -1.75. The number of guanidine groups is 1. The van der Waals surface area contributed by atoms with E-state index in [1.165, 1.54) is 5.56 Å². The quantitative estimate of drug-likeness (QED) is 0.370. The summed E-state index contributed by atoms with van der Waals surface area (Å²) in [5.41, 5.74) is 2.31. The van der Waals surface area contributed by atoms with Crippen LogP contribution in [0.15, 0.2) is 23.2 Å². The average molecular weight is 335 g/mol. The molecule has 0 atom stereocenters. The van der Waals surface area contributed by atoms with E-state index in [2.05, 4.69) is 47.7 Å². The molecule has 0 saturated carbocycles. The van der Waals surface area contributed by atoms with Gasteiger partial charge in [-0.3, -0.25) is 0 Å². The first kappa shape index (κ1) is 20.3. The Balaban J connectivity index is 2.55. The number of aliphatic imine (C=N–C) groups is 1. The summed E-state index contributed by atoms with van der Waals surface area (Å²) in [4.78, 5) is 4.68. The molecule has 0 aromatic heterocycles. The van der Waals surface area contributed by atoms with Crippen LogP contribution in [0.5, 0.6) is 5.75 Å². The van der Waals surface area contributed by atoms with Crippen LogP contribution in [0.4, 0.5) is 0 Å². The van der Waals surface area contributed by atoms with Gasteiger partial charge in [0.05, 0.1) is 13.2 Å². The van der Waals surface area contributed by atoms with Gasteiger partial charge in [0.15, 0.2) is 5.96 Å². The van der Waals surface area contributed by atoms with Crippen molar-refractivity contribution in [2.75, 3.05) is 33.4 Å². The molecule has 2 N–H and O–H groups in total. The molecule has 24 heavy (non-hydrogen) atoms. The topological polar surface area (TPSA) is 54.9 Å². The van der Waals surface area contributed by atoms with Crippen LogP contribution in [-0.2, 0) is 11.3 Å². The van der Waals surface area contributed by atoms with Crippen LogP contribution in [0.3, 0.4) is 0 Å². The number of unbranched alkanes of at least 4 members (excludes halogenated alkanes) is 2. The van der Waals surface area contributed by atoms with Crippen molar-refractivity contribution in [2.45, 2.75) is 46.6 Å². The second-order valence-corrected chi connectivity index (χ2v) is 5.72. The maximum absolute atomic E-state index is 5.72. The molecule has 0 amide bonds. The summed E-state index contributed by atoms with van der Waals surface area (Å²) in [7, 11) is 1.75. The van der Waals surface area contributed by atoms with Gasteiger partial charge in [-0.05, 0) is 51.7 Å². The molecule has 0 heterocycles. The number of hydrogen-bond acceptors (Lipinski definition) is 3. The lowest BCUT2D eigenvalue weighted by molar-refractivity contribution is 0.192. The van der Waals surface area contributed by atoms with Crippen LogP contribution in [-0.4, -0.2) is 39.4 Å². The lowest BCUT2D eigenvalue weighted by Crippen LogP contribution is -2.37. The van der Waals surface area contributed by atoms with Gasteiger partial charge in [0.2, 0.25) is 0 Å². The lowest BCUT2D eigenvalue weighted by Gasteiger charge is -2.13. The Bertz CT molecular complexity index is 490. The van der Waals surface area contributed by atoms with Crippen molar-refractivity contribution in [2.24, 2.45) is 4.99 Å². The molecular weight excluding hydrogens is 302 g/mol. The van der Waals surface area contributed by atoms with Gasteiger partial charge < -0.3 is 20.1 Å². The summed E-state index contributed by atoms with van der Waals surface area (Å²) in [6.07, 6.45) is 3.38. The molecule has 5 nitrogen and oxygen atoms in total. The van der Waals surface area contributed by atoms with Crippen molar-refractivity contribution in [1.82, 2.24) is 10.6 Å². The fraction of sp³-hybridized carbons (Fsp3) is 0.632. The fourth-order valence-electron chi connectivity index (χ4n) is 2.34. The standard InChI is InChI=1S/C19H33N3O2/c1-5-20-19(21-12-8-7-9-13-23-4)22-15-17-11-10-16(3)14-18(17)24-6-2/h10-11,14H,5-9,12-13,15H2,1-4H3,(H2,20,21,22). The van der Waals surface area contributed by atoms with E-state index in [1.807, 2.05) is 6.92 Å². The van der Waals surface area contributed by atoms with E-state index in [-0.39, 0.29) is 0 Å². The van der Waals surface area contributed by atoms with Crippen molar-refractivity contribution < 1.29 is 9.47 Å². The van der Waals surface area contributed by atoms with Gasteiger partial charge in [-0.1, -0.05) is 12.1 Å². The van der Waals surface area contributed by atoms with E-state index in [1.54, 1.807) is 7.11 Å². The molecule has 0 unspecified atom stereocenters. The first-order valence-corrected chi connectivity index (χ1v) is 8.94. The van der Waals surface area contributed by atoms with Gasteiger partial charge in [0.25, 0.3) is 0 Å². The van der Waals surface area contributed by atoms with Gasteiger partial charge in [0, 0.05) is 32.4 Å². The van der Waals surface area contributed by atoms with E-state index in [9.17, 15) is 0 Å². The molecule has 0 saturated heterocycles. The number of ether oxygens (including phenoxy) is 2. The largest absolute Gasteiger partial charge is 0.494 e. The maximum Gasteiger partial charge on any atom is 0.191 e. The maximum atomic E-state index is 5.72. The predicted molar refractivity (Wildman–Crippen MR) is 101 cm³/mol. The highest BCUT2D eigenvalue weighted by Gasteiger charge is 2.04. The zero-order valence-electron chi connectivity index (χ0n) is 15.7. The zero-order valence-corrected chi connectivity index (χ0v) is 15.7. The Morgan fingerprint density at radius 2 is 1.96 bits per heavy atom. The van der Waals surface area contributed by atoms with Crippen LogP contribution in [0.2, 0.25) is 0 Å². The predicted octanol–water partition coefficient (Wildman–Crippen LogP) is 3.27. The van der Waals surface area contributed by atoms with Gasteiger partial charge in [-0.15, -0.1) is 0 Å². The van der Waals surface area contributed by atoms with Crippen LogP contribution in [0.25, 0.3) is 0 Å². The summed E-state index contributed by atoms with van der Waals surface area (Å²) in [5, 5.41) is 6.68. The third kappa shape index (κ3) is 8.20. The molecule has 0 aliphatic heterocycles. The second kappa shape index (κ2) is 12.6. The summed E-state index contributed by atoms with van der Waals surface area (Å²) < 4.78 is 10.8. The molecule has 0 radical (unpaired) electrons. The number of benzene rings is 1. The number of hydrogen-bond donors (Lipinski definition) is 2. The molecule has 0 spiro atoms. The Morgan fingerprint density at radius 1 is 1.12 bits per heavy atom. The SMILES string of the molecule is CCNC(=NCc1ccc(C)cc1OCC)NCCCCCOC. The van der Waals surface area contributed by atoms with E-state index in [0.29, 0.717) is 13.2 Å². The van der Waals surface area contributed by atoms with Crippen molar-refractivity contribution in [3.05, 3.63) is 29.3 Å². The second-order valence-electron chi connectivity index (χ2n) is 5.72. The number of aryl methyl sites for hydroxylation is 1. The minimum absolute atomic E-state index is 0.606. The third-order valence-corrected chi connectivity index (χ3v) is 3.59. The van der Waals surface area contributed by atoms with E-state index >= 15 is 0 Å². The van der Waals surface area contributed by atoms with E-state index in [4.69, 9.17) is 9.47 Å². The smallest absolute Gasteiger partial charge is 0.191 e. The minimum atomic E-state index is 0.606. The van der Waals surface area contributed by atoms with Crippen LogP contribution in [0, 0.1) is 6.92 Å². The lowest BCUT2D eigenvalue weighted by atomic mass is 10.1. The molecule has 0 bridgehead atoms. The summed E-state index contributed by atoms with van der Waals surface area (Å²) in [5.74, 6) is 1.78. The van der Waals surface area contributed by atoms with E-state index in [0.717, 1.165) is 56.2 Å². The highest BCUT2D eigenvalue weighted by molar-refractivity contribution is 5.79. The van der Waals surface area contributed by atoms with Gasteiger partial charge >= 0.3 is 0 Å². The molecule has 1 aromatic rings. The summed E-state index contributed by atoms with van der Waals surface area (Å²) in [6, 6.07) is 6.27. The monoisotopic (exact) mass is 335 g/mol. The van der Waals surface area contributed by atoms with Crippen molar-refractivity contribution in [1.29, 1.82) is 0 Å². The van der Waals surface area contributed by atoms with Crippen molar-refractivity contribution in [3.63, 3.8) is 0 Å². The molecular formula is C19H33N3O2. The molecule has 136 valence electrons. The molecule has 5 heteroatoms. The number of nitrogens with one attached hydrogen (secondary N) is 2. The third-order valence-electron chi connectivity index (χ3n) is 3.59. The Labute approximate surface area is 146 Å². The highest BCUT2D eigenvalue weighted by Crippen LogP contribution is 2.21. The molecule has 0 aliphatic rings. The number of rotatable bonds is 11. The van der Waals surface area contributed by atoms with E-state index < -0.39 is 0 Å². The molecule has 0 aliphatic carbocycles. The molecule has 0 fully saturated rings. The average Bonchev–Trinajstić information content (AvgIpc) is 2.57. The Kier molecular flexibility index (Phi) is 10.7. The molecule has 1 rings (SSSR count). The summed E-state index contributed by atoms with van der Waals surface area (Å²) >= 11 is 0. The summed E-state index contributed by atoms with van der Waals surface area (Å²) in [6.45, 7) is 10.0. The highest BCUT2D eigenvalue weighted by atomic mass is 16.5. The van der Waals surface area contributed by atoms with Gasteiger partial charge in [0.1, 0.15) is 5.75 Å². The van der Waals surface area contributed by atoms with Crippen molar-refractivity contribution in [3.8, 4) is 5.75 Å². The van der Waals surface area contributed by atoms with Gasteiger partial charge in [-0.2, -0.15) is 0 Å². The fourth-order valence-corrected chi connectivity index (χ4v) is 2.34. The zero-order chi connectivity index (χ0) is 17.6. The number of methoxy groups -OCH3 is 1. The first-order chi connectivity index (χ1) is 11.7. The number of nitrogens with zero attached hydrogens (tertiary/aromatic N) is 1.